The zero-order valence-corrected chi connectivity index (χ0v) is 10.5. The van der Waals surface area contributed by atoms with Crippen LogP contribution in [0, 0.1) is 5.92 Å². The van der Waals surface area contributed by atoms with Crippen molar-refractivity contribution in [2.45, 2.75) is 17.3 Å². The minimum absolute atomic E-state index is 0.421. The van der Waals surface area contributed by atoms with Crippen molar-refractivity contribution in [2.24, 2.45) is 5.92 Å². The zero-order chi connectivity index (χ0) is 7.49. The summed E-state index contributed by atoms with van der Waals surface area (Å²) in [5, 5.41) is 0. The van der Waals surface area contributed by atoms with Crippen LogP contribution in [0.2, 0.25) is 4.18 Å². The van der Waals surface area contributed by atoms with Gasteiger partial charge in [-0.2, -0.15) is 0 Å². The Morgan fingerprint density at radius 2 is 2.00 bits per heavy atom. The van der Waals surface area contributed by atoms with Gasteiger partial charge in [0, 0.05) is 0 Å². The summed E-state index contributed by atoms with van der Waals surface area (Å²) in [7, 11) is 0. The molecule has 0 nitrogen and oxygen atoms in total. The van der Waals surface area contributed by atoms with Gasteiger partial charge >= 0.3 is 73.3 Å². The van der Waals surface area contributed by atoms with Crippen LogP contribution >= 0.6 is 18.1 Å². The Labute approximate surface area is 72.7 Å². The van der Waals surface area contributed by atoms with E-state index in [-0.39, 0.29) is 0 Å². The van der Waals surface area contributed by atoms with Crippen LogP contribution in [0.5, 0.6) is 0 Å². The molecule has 54 valence electrons. The standard InChI is InChI=1S/C4H6F3.Hf.HI/c1-3(2)4(5,6)7;;/h3H,1H2,2H3;;1H/q;+1;/p-1. The first-order valence-corrected chi connectivity index (χ1v) is 15.1. The molecule has 0 heterocycles. The number of alkyl halides is 3. The minimum atomic E-state index is -3.95. The normalized spacial score (nSPS) is 15.2. The molecule has 0 aromatic carbocycles. The number of hydrogen-bond donors (Lipinski definition) is 0. The number of halogens is 4. The van der Waals surface area contributed by atoms with Crippen LogP contribution in [0.3, 0.4) is 0 Å². The molecule has 0 aliphatic carbocycles. The van der Waals surface area contributed by atoms with Crippen molar-refractivity contribution < 1.29 is 31.9 Å². The van der Waals surface area contributed by atoms with Gasteiger partial charge in [-0.3, -0.25) is 0 Å². The van der Waals surface area contributed by atoms with Crippen LogP contribution in [0.25, 0.3) is 0 Å². The molecule has 0 aliphatic rings. The van der Waals surface area contributed by atoms with Crippen molar-refractivity contribution in [3.05, 3.63) is 0 Å². The van der Waals surface area contributed by atoms with Gasteiger partial charge < -0.3 is 0 Å². The fraction of sp³-hybridized carbons (Fsp3) is 1.00. The monoisotopic (exact) mass is 418 g/mol. The van der Waals surface area contributed by atoms with E-state index in [1.807, 2.05) is 0 Å². The first-order chi connectivity index (χ1) is 3.98. The molecule has 0 bridgehead atoms. The van der Waals surface area contributed by atoms with Crippen molar-refractivity contribution >= 4 is 18.1 Å². The van der Waals surface area contributed by atoms with E-state index in [1.54, 1.807) is 0 Å². The van der Waals surface area contributed by atoms with Crippen molar-refractivity contribution in [3.8, 4) is 0 Å². The van der Waals surface area contributed by atoms with Crippen LogP contribution < -0.4 is 0 Å². The SMILES string of the molecule is CC([CH2][Hf][I])C(F)(F)F. The predicted molar refractivity (Wildman–Crippen MR) is 34.0 cm³/mol. The third kappa shape index (κ3) is 4.75. The summed E-state index contributed by atoms with van der Waals surface area (Å²) in [5.74, 6) is -1.06. The maximum absolute atomic E-state index is 11.7. The average Bonchev–Trinajstić information content (AvgIpc) is 1.64. The Morgan fingerprint density at radius 3 is 2.11 bits per heavy atom. The maximum atomic E-state index is 11.7. The van der Waals surface area contributed by atoms with Crippen molar-refractivity contribution in [3.63, 3.8) is 0 Å². The van der Waals surface area contributed by atoms with Gasteiger partial charge in [0.25, 0.3) is 0 Å². The van der Waals surface area contributed by atoms with Crippen LogP contribution in [-0.2, 0) is 18.8 Å². The van der Waals surface area contributed by atoms with Gasteiger partial charge in [0.05, 0.1) is 0 Å². The number of hydrogen-bond acceptors (Lipinski definition) is 0. The molecule has 0 rings (SSSR count). The van der Waals surface area contributed by atoms with Gasteiger partial charge in [-0.15, -0.1) is 0 Å². The molecule has 0 amide bonds. The van der Waals surface area contributed by atoms with E-state index in [0.29, 0.717) is 4.18 Å². The van der Waals surface area contributed by atoms with E-state index < -0.39 is 30.8 Å². The Balaban J connectivity index is 3.59. The van der Waals surface area contributed by atoms with Gasteiger partial charge in [-0.1, -0.05) is 0 Å². The predicted octanol–water partition coefficient (Wildman–Crippen LogP) is 3.04. The van der Waals surface area contributed by atoms with Gasteiger partial charge in [0.2, 0.25) is 0 Å². The van der Waals surface area contributed by atoms with Crippen LogP contribution in [0.4, 0.5) is 13.2 Å². The van der Waals surface area contributed by atoms with Crippen LogP contribution in [0.15, 0.2) is 0 Å². The second kappa shape index (κ2) is 4.31. The van der Waals surface area contributed by atoms with Crippen molar-refractivity contribution in [1.82, 2.24) is 0 Å². The van der Waals surface area contributed by atoms with Gasteiger partial charge in [-0.25, -0.2) is 0 Å². The summed E-state index contributed by atoms with van der Waals surface area (Å²) < 4.78 is 35.4. The summed E-state index contributed by atoms with van der Waals surface area (Å²) >= 11 is 1.26. The Kier molecular flexibility index (Phi) is 4.97. The van der Waals surface area contributed by atoms with E-state index in [9.17, 15) is 13.2 Å². The van der Waals surface area contributed by atoms with Gasteiger partial charge in [0.1, 0.15) is 0 Å². The second-order valence-electron chi connectivity index (χ2n) is 1.78. The molecule has 0 radical (unpaired) electrons. The molecule has 0 spiro atoms. The first kappa shape index (κ1) is 10.4. The van der Waals surface area contributed by atoms with E-state index in [0.717, 1.165) is 0 Å². The quantitative estimate of drug-likeness (QED) is 0.480. The van der Waals surface area contributed by atoms with E-state index in [1.165, 1.54) is 6.92 Å². The van der Waals surface area contributed by atoms with Crippen LogP contribution in [-0.4, -0.2) is 6.18 Å². The van der Waals surface area contributed by atoms with Crippen molar-refractivity contribution in [2.75, 3.05) is 0 Å². The topological polar surface area (TPSA) is 0 Å². The molecular formula is C4H6F3HfI. The summed E-state index contributed by atoms with van der Waals surface area (Å²) in [4.78, 5) is 0. The van der Waals surface area contributed by atoms with Gasteiger partial charge in [-0.05, 0) is 0 Å². The summed E-state index contributed by atoms with van der Waals surface area (Å²) in [6, 6.07) is 0. The van der Waals surface area contributed by atoms with E-state index in [2.05, 4.69) is 18.1 Å². The molecule has 0 aromatic rings. The summed E-state index contributed by atoms with van der Waals surface area (Å²) in [5.41, 5.74) is 0. The molecule has 0 N–H and O–H groups in total. The second-order valence-corrected chi connectivity index (χ2v) is 10.5. The number of rotatable bonds is 2. The Bertz CT molecular complexity index is 82.4. The molecule has 1 unspecified atom stereocenters. The molecular weight excluding hydrogens is 410 g/mol. The Morgan fingerprint density at radius 1 is 1.56 bits per heavy atom. The summed E-state index contributed by atoms with van der Waals surface area (Å²) in [6.45, 7) is 1.26. The molecule has 0 saturated heterocycles. The first-order valence-electron chi connectivity index (χ1n) is 2.38. The van der Waals surface area contributed by atoms with E-state index in [4.69, 9.17) is 0 Å². The fourth-order valence-electron chi connectivity index (χ4n) is 0.231. The van der Waals surface area contributed by atoms with Crippen molar-refractivity contribution in [1.29, 1.82) is 0 Å². The molecule has 0 aromatic heterocycles. The third-order valence-electron chi connectivity index (χ3n) is 0.942. The molecule has 0 fully saturated rings. The molecule has 1 atom stereocenters. The molecule has 5 heteroatoms. The van der Waals surface area contributed by atoms with Crippen LogP contribution in [0.1, 0.15) is 6.92 Å². The summed E-state index contributed by atoms with van der Waals surface area (Å²) in [6.07, 6.45) is -3.95. The molecule has 0 saturated carbocycles. The fourth-order valence-corrected chi connectivity index (χ4v) is 7.30. The third-order valence-corrected chi connectivity index (χ3v) is 7.30. The Hall–Kier alpha value is 1.39. The van der Waals surface area contributed by atoms with Gasteiger partial charge in [0.15, 0.2) is 0 Å². The average molecular weight is 416 g/mol. The molecule has 9 heavy (non-hydrogen) atoms. The van der Waals surface area contributed by atoms with E-state index >= 15 is 0 Å². The molecule has 0 aliphatic heterocycles. The zero-order valence-electron chi connectivity index (χ0n) is 4.80.